The maximum atomic E-state index is 12.6. The molecule has 0 aliphatic heterocycles. The second-order valence-corrected chi connectivity index (χ2v) is 2.99. The lowest BCUT2D eigenvalue weighted by Gasteiger charge is -2.10. The summed E-state index contributed by atoms with van der Waals surface area (Å²) >= 11 is 0. The molecule has 7 heteroatoms. The fourth-order valence-electron chi connectivity index (χ4n) is 0.975. The number of pyridine rings is 1. The quantitative estimate of drug-likeness (QED) is 0.817. The van der Waals surface area contributed by atoms with Crippen molar-refractivity contribution in [1.82, 2.24) is 4.98 Å². The fraction of sp³-hybridized carbons (Fsp3) is 0.444. The van der Waals surface area contributed by atoms with Crippen molar-refractivity contribution in [2.24, 2.45) is 0 Å². The van der Waals surface area contributed by atoms with Gasteiger partial charge in [0.25, 0.3) is 0 Å². The molecule has 0 atom stereocenters. The Kier molecular flexibility index (Phi) is 4.05. The van der Waals surface area contributed by atoms with Crippen LogP contribution in [0.1, 0.15) is 12.0 Å². The van der Waals surface area contributed by atoms with Crippen molar-refractivity contribution in [1.29, 1.82) is 0 Å². The van der Waals surface area contributed by atoms with Crippen LogP contribution in [0.3, 0.4) is 0 Å². The van der Waals surface area contributed by atoms with Crippen molar-refractivity contribution in [3.63, 3.8) is 0 Å². The minimum Gasteiger partial charge on any atom is -0.477 e. The van der Waals surface area contributed by atoms with Gasteiger partial charge in [0.2, 0.25) is 5.88 Å². The summed E-state index contributed by atoms with van der Waals surface area (Å²) in [6, 6.07) is 0.954. The van der Waals surface area contributed by atoms with E-state index in [1.165, 1.54) is 0 Å². The van der Waals surface area contributed by atoms with E-state index >= 15 is 0 Å². The van der Waals surface area contributed by atoms with Gasteiger partial charge >= 0.3 is 6.18 Å². The summed E-state index contributed by atoms with van der Waals surface area (Å²) in [5.74, 6) is -0.875. The van der Waals surface area contributed by atoms with Crippen LogP contribution in [0, 0.1) is 5.82 Å². The zero-order valence-corrected chi connectivity index (χ0v) is 8.09. The lowest BCUT2D eigenvalue weighted by Crippen LogP contribution is -2.14. The first-order valence-electron chi connectivity index (χ1n) is 4.37. The zero-order chi connectivity index (χ0) is 12.2. The molecule has 0 aliphatic carbocycles. The third-order valence-electron chi connectivity index (χ3n) is 1.69. The minimum absolute atomic E-state index is 0.0159. The number of rotatable bonds is 4. The largest absolute Gasteiger partial charge is 0.477 e. The number of halogens is 4. The molecule has 1 rings (SSSR count). The van der Waals surface area contributed by atoms with Crippen LogP contribution < -0.4 is 4.74 Å². The predicted octanol–water partition coefficient (Wildman–Crippen LogP) is 2.04. The summed E-state index contributed by atoms with van der Waals surface area (Å²) in [4.78, 5) is 3.44. The Labute approximate surface area is 88.7 Å². The van der Waals surface area contributed by atoms with E-state index in [9.17, 15) is 17.6 Å². The SMILES string of the molecule is OCc1cc(F)cnc1OCCC(F)(F)F. The average molecular weight is 239 g/mol. The topological polar surface area (TPSA) is 42.4 Å². The molecule has 0 radical (unpaired) electrons. The molecule has 16 heavy (non-hydrogen) atoms. The molecular weight excluding hydrogens is 230 g/mol. The van der Waals surface area contributed by atoms with Gasteiger partial charge in [-0.3, -0.25) is 0 Å². The van der Waals surface area contributed by atoms with Gasteiger partial charge in [-0.05, 0) is 6.07 Å². The van der Waals surface area contributed by atoms with E-state index in [-0.39, 0.29) is 11.4 Å². The number of alkyl halides is 3. The van der Waals surface area contributed by atoms with Crippen LogP contribution in [-0.4, -0.2) is 22.9 Å². The molecule has 0 amide bonds. The van der Waals surface area contributed by atoms with Crippen LogP contribution in [0.15, 0.2) is 12.3 Å². The minimum atomic E-state index is -4.32. The Morgan fingerprint density at radius 2 is 2.06 bits per heavy atom. The van der Waals surface area contributed by atoms with Gasteiger partial charge in [0.1, 0.15) is 5.82 Å². The molecule has 0 fully saturated rings. The first kappa shape index (κ1) is 12.7. The summed E-state index contributed by atoms with van der Waals surface area (Å²) in [6.07, 6.45) is -4.64. The first-order valence-corrected chi connectivity index (χ1v) is 4.37. The first-order chi connectivity index (χ1) is 7.42. The number of ether oxygens (including phenoxy) is 1. The predicted molar refractivity (Wildman–Crippen MR) is 46.3 cm³/mol. The van der Waals surface area contributed by atoms with E-state index < -0.39 is 31.6 Å². The van der Waals surface area contributed by atoms with Crippen molar-refractivity contribution in [3.8, 4) is 5.88 Å². The van der Waals surface area contributed by atoms with Gasteiger partial charge in [0, 0.05) is 5.56 Å². The molecule has 0 unspecified atom stereocenters. The Morgan fingerprint density at radius 1 is 1.38 bits per heavy atom. The van der Waals surface area contributed by atoms with Crippen molar-refractivity contribution < 1.29 is 27.4 Å². The molecule has 0 aromatic carbocycles. The van der Waals surface area contributed by atoms with E-state index in [1.807, 2.05) is 0 Å². The molecule has 3 nitrogen and oxygen atoms in total. The summed E-state index contributed by atoms with van der Waals surface area (Å²) in [6.45, 7) is -1.17. The molecule has 0 saturated heterocycles. The lowest BCUT2D eigenvalue weighted by molar-refractivity contribution is -0.139. The van der Waals surface area contributed by atoms with E-state index in [1.54, 1.807) is 0 Å². The zero-order valence-electron chi connectivity index (χ0n) is 8.09. The van der Waals surface area contributed by atoms with Crippen LogP contribution in [0.4, 0.5) is 17.6 Å². The number of aliphatic hydroxyl groups excluding tert-OH is 1. The number of aliphatic hydroxyl groups is 1. The molecular formula is C9H9F4NO2. The van der Waals surface area contributed by atoms with Crippen molar-refractivity contribution >= 4 is 0 Å². The highest BCUT2D eigenvalue weighted by Gasteiger charge is 2.27. The van der Waals surface area contributed by atoms with Gasteiger partial charge in [-0.15, -0.1) is 0 Å². The van der Waals surface area contributed by atoms with Gasteiger partial charge in [0.15, 0.2) is 0 Å². The van der Waals surface area contributed by atoms with E-state index in [0.717, 1.165) is 12.3 Å². The van der Waals surface area contributed by atoms with Crippen LogP contribution in [-0.2, 0) is 6.61 Å². The summed E-state index contributed by atoms with van der Waals surface area (Å²) in [5, 5.41) is 8.79. The molecule has 0 bridgehead atoms. The third kappa shape index (κ3) is 4.01. The molecule has 1 N–H and O–H groups in total. The van der Waals surface area contributed by atoms with Crippen molar-refractivity contribution in [3.05, 3.63) is 23.6 Å². The van der Waals surface area contributed by atoms with Gasteiger partial charge in [-0.25, -0.2) is 9.37 Å². The van der Waals surface area contributed by atoms with E-state index in [4.69, 9.17) is 9.84 Å². The standard InChI is InChI=1S/C9H9F4NO2/c10-7-3-6(5-15)8(14-4-7)16-2-1-9(11,12)13/h3-4,15H,1-2,5H2. The van der Waals surface area contributed by atoms with Gasteiger partial charge in [-0.2, -0.15) is 13.2 Å². The summed E-state index contributed by atoms with van der Waals surface area (Å²) < 4.78 is 52.7. The Morgan fingerprint density at radius 3 is 2.62 bits per heavy atom. The normalized spacial score (nSPS) is 11.6. The lowest BCUT2D eigenvalue weighted by atomic mass is 10.3. The number of aromatic nitrogens is 1. The van der Waals surface area contributed by atoms with Crippen molar-refractivity contribution in [2.45, 2.75) is 19.2 Å². The second-order valence-electron chi connectivity index (χ2n) is 2.99. The Balaban J connectivity index is 2.60. The van der Waals surface area contributed by atoms with Gasteiger partial charge in [-0.1, -0.05) is 0 Å². The van der Waals surface area contributed by atoms with E-state index in [0.29, 0.717) is 0 Å². The molecule has 0 spiro atoms. The maximum Gasteiger partial charge on any atom is 0.392 e. The molecule has 90 valence electrons. The number of nitrogens with zero attached hydrogens (tertiary/aromatic N) is 1. The van der Waals surface area contributed by atoms with Crippen molar-refractivity contribution in [2.75, 3.05) is 6.61 Å². The van der Waals surface area contributed by atoms with Crippen LogP contribution in [0.2, 0.25) is 0 Å². The highest BCUT2D eigenvalue weighted by molar-refractivity contribution is 5.25. The van der Waals surface area contributed by atoms with Gasteiger partial charge in [0.05, 0.1) is 25.8 Å². The Hall–Kier alpha value is -1.37. The molecule has 1 heterocycles. The summed E-state index contributed by atoms with van der Waals surface area (Å²) in [7, 11) is 0. The Bertz CT molecular complexity index is 354. The highest BCUT2D eigenvalue weighted by atomic mass is 19.4. The summed E-state index contributed by atoms with van der Waals surface area (Å²) in [5.41, 5.74) is 0.0159. The maximum absolute atomic E-state index is 12.6. The highest BCUT2D eigenvalue weighted by Crippen LogP contribution is 2.21. The molecule has 1 aromatic heterocycles. The smallest absolute Gasteiger partial charge is 0.392 e. The number of hydrogen-bond acceptors (Lipinski definition) is 3. The van der Waals surface area contributed by atoms with E-state index in [2.05, 4.69) is 4.98 Å². The third-order valence-corrected chi connectivity index (χ3v) is 1.69. The van der Waals surface area contributed by atoms with Gasteiger partial charge < -0.3 is 9.84 Å². The molecule has 0 saturated carbocycles. The molecule has 0 aliphatic rings. The number of hydrogen-bond donors (Lipinski definition) is 1. The monoisotopic (exact) mass is 239 g/mol. The molecule has 1 aromatic rings. The van der Waals surface area contributed by atoms with Crippen LogP contribution in [0.25, 0.3) is 0 Å². The second kappa shape index (κ2) is 5.11. The fourth-order valence-corrected chi connectivity index (χ4v) is 0.975. The van der Waals surface area contributed by atoms with Crippen LogP contribution in [0.5, 0.6) is 5.88 Å². The van der Waals surface area contributed by atoms with Crippen LogP contribution >= 0.6 is 0 Å². The average Bonchev–Trinajstić information content (AvgIpc) is 2.18.